The number of rotatable bonds is 2. The van der Waals surface area contributed by atoms with Crippen LogP contribution in [-0.2, 0) is 12.1 Å². The van der Waals surface area contributed by atoms with Crippen LogP contribution < -0.4 is 4.90 Å². The number of benzene rings is 1. The minimum Gasteiger partial charge on any atom is -0.371 e. The second kappa shape index (κ2) is 4.77. The summed E-state index contributed by atoms with van der Waals surface area (Å²) >= 11 is 5.58. The van der Waals surface area contributed by atoms with Gasteiger partial charge in [-0.05, 0) is 30.5 Å². The lowest BCUT2D eigenvalue weighted by Gasteiger charge is -2.23. The van der Waals surface area contributed by atoms with Crippen LogP contribution in [0.3, 0.4) is 0 Å². The largest absolute Gasteiger partial charge is 0.418 e. The molecule has 0 unspecified atom stereocenters. The van der Waals surface area contributed by atoms with Crippen molar-refractivity contribution in [2.45, 2.75) is 24.9 Å². The predicted molar refractivity (Wildman–Crippen MR) is 62.4 cm³/mol. The highest BCUT2D eigenvalue weighted by Crippen LogP contribution is 2.38. The first-order chi connectivity index (χ1) is 8.02. The molecule has 1 aliphatic rings. The first kappa shape index (κ1) is 12.6. The van der Waals surface area contributed by atoms with Crippen LogP contribution in [0.1, 0.15) is 24.0 Å². The minimum absolute atomic E-state index is 0.101. The number of halogens is 4. The maximum Gasteiger partial charge on any atom is 0.418 e. The Kier molecular flexibility index (Phi) is 3.52. The van der Waals surface area contributed by atoms with E-state index in [1.54, 1.807) is 11.0 Å². The molecule has 1 heterocycles. The maximum atomic E-state index is 12.9. The zero-order chi connectivity index (χ0) is 12.5. The average Bonchev–Trinajstić information content (AvgIpc) is 2.80. The molecule has 0 aromatic heterocycles. The standard InChI is InChI=1S/C12H13ClF3N/c13-8-9-3-4-11(17-5-1-2-6-17)10(7-9)12(14,15)16/h3-4,7H,1-2,5-6,8H2. The summed E-state index contributed by atoms with van der Waals surface area (Å²) in [5.74, 6) is 0.101. The summed E-state index contributed by atoms with van der Waals surface area (Å²) in [5.41, 5.74) is 0.211. The highest BCUT2D eigenvalue weighted by Gasteiger charge is 2.35. The van der Waals surface area contributed by atoms with E-state index in [2.05, 4.69) is 0 Å². The molecular formula is C12H13ClF3N. The molecule has 1 aromatic rings. The van der Waals surface area contributed by atoms with E-state index in [9.17, 15) is 13.2 Å². The first-order valence-corrected chi connectivity index (χ1v) is 6.07. The maximum absolute atomic E-state index is 12.9. The molecule has 1 aliphatic heterocycles. The lowest BCUT2D eigenvalue weighted by molar-refractivity contribution is -0.137. The Labute approximate surface area is 103 Å². The number of alkyl halides is 4. The van der Waals surface area contributed by atoms with Gasteiger partial charge in [-0.2, -0.15) is 13.2 Å². The van der Waals surface area contributed by atoms with Crippen molar-refractivity contribution in [2.75, 3.05) is 18.0 Å². The molecule has 0 saturated carbocycles. The summed E-state index contributed by atoms with van der Waals surface area (Å²) < 4.78 is 38.8. The predicted octanol–water partition coefficient (Wildman–Crippen LogP) is 4.04. The monoisotopic (exact) mass is 263 g/mol. The van der Waals surface area contributed by atoms with Gasteiger partial charge in [0.2, 0.25) is 0 Å². The van der Waals surface area contributed by atoms with Gasteiger partial charge in [-0.15, -0.1) is 11.6 Å². The van der Waals surface area contributed by atoms with Crippen molar-refractivity contribution < 1.29 is 13.2 Å². The Balaban J connectivity index is 2.42. The van der Waals surface area contributed by atoms with E-state index in [0.717, 1.165) is 18.9 Å². The second-order valence-electron chi connectivity index (χ2n) is 4.18. The fraction of sp³-hybridized carbons (Fsp3) is 0.500. The van der Waals surface area contributed by atoms with Gasteiger partial charge in [0.05, 0.1) is 5.56 Å². The molecule has 0 atom stereocenters. The molecule has 0 N–H and O–H groups in total. The fourth-order valence-corrected chi connectivity index (χ4v) is 2.29. The average molecular weight is 264 g/mol. The van der Waals surface area contributed by atoms with Crippen molar-refractivity contribution in [1.82, 2.24) is 0 Å². The summed E-state index contributed by atoms with van der Waals surface area (Å²) in [5, 5.41) is 0. The molecule has 1 fully saturated rings. The van der Waals surface area contributed by atoms with E-state index in [-0.39, 0.29) is 11.6 Å². The summed E-state index contributed by atoms with van der Waals surface area (Å²) in [4.78, 5) is 1.79. The minimum atomic E-state index is -4.32. The summed E-state index contributed by atoms with van der Waals surface area (Å²) in [6, 6.07) is 4.35. The molecule has 1 aromatic carbocycles. The van der Waals surface area contributed by atoms with Gasteiger partial charge in [0.25, 0.3) is 0 Å². The van der Waals surface area contributed by atoms with Crippen molar-refractivity contribution in [3.8, 4) is 0 Å². The van der Waals surface area contributed by atoms with E-state index in [1.807, 2.05) is 0 Å². The van der Waals surface area contributed by atoms with E-state index in [1.165, 1.54) is 6.07 Å². The van der Waals surface area contributed by atoms with Crippen LogP contribution >= 0.6 is 11.6 Å². The quantitative estimate of drug-likeness (QED) is 0.728. The van der Waals surface area contributed by atoms with Crippen LogP contribution in [0, 0.1) is 0 Å². The van der Waals surface area contributed by atoms with Crippen molar-refractivity contribution in [3.05, 3.63) is 29.3 Å². The zero-order valence-corrected chi connectivity index (χ0v) is 9.98. The molecule has 0 bridgehead atoms. The Bertz CT molecular complexity index is 397. The Hall–Kier alpha value is -0.900. The normalized spacial score (nSPS) is 16.6. The SMILES string of the molecule is FC(F)(F)c1cc(CCl)ccc1N1CCCC1. The van der Waals surface area contributed by atoms with Crippen molar-refractivity contribution in [3.63, 3.8) is 0 Å². The van der Waals surface area contributed by atoms with Crippen molar-refractivity contribution in [1.29, 1.82) is 0 Å². The van der Waals surface area contributed by atoms with Gasteiger partial charge in [-0.1, -0.05) is 6.07 Å². The van der Waals surface area contributed by atoms with Crippen LogP contribution in [-0.4, -0.2) is 13.1 Å². The smallest absolute Gasteiger partial charge is 0.371 e. The third kappa shape index (κ3) is 2.68. The Morgan fingerprint density at radius 3 is 2.35 bits per heavy atom. The molecule has 17 heavy (non-hydrogen) atoms. The van der Waals surface area contributed by atoms with Crippen LogP contribution in [0.15, 0.2) is 18.2 Å². The van der Waals surface area contributed by atoms with Gasteiger partial charge in [-0.3, -0.25) is 0 Å². The number of hydrogen-bond donors (Lipinski definition) is 0. The van der Waals surface area contributed by atoms with E-state index in [4.69, 9.17) is 11.6 Å². The highest BCUT2D eigenvalue weighted by molar-refractivity contribution is 6.17. The van der Waals surface area contributed by atoms with Crippen LogP contribution in [0.25, 0.3) is 0 Å². The Morgan fingerprint density at radius 2 is 1.82 bits per heavy atom. The zero-order valence-electron chi connectivity index (χ0n) is 9.23. The van der Waals surface area contributed by atoms with Crippen molar-refractivity contribution in [2.24, 2.45) is 0 Å². The van der Waals surface area contributed by atoms with Crippen LogP contribution in [0.5, 0.6) is 0 Å². The lowest BCUT2D eigenvalue weighted by Crippen LogP contribution is -2.22. The van der Waals surface area contributed by atoms with Gasteiger partial charge < -0.3 is 4.90 Å². The third-order valence-electron chi connectivity index (χ3n) is 2.97. The molecule has 94 valence electrons. The number of anilines is 1. The molecule has 0 aliphatic carbocycles. The lowest BCUT2D eigenvalue weighted by atomic mass is 10.1. The van der Waals surface area contributed by atoms with Gasteiger partial charge in [0.1, 0.15) is 0 Å². The molecule has 5 heteroatoms. The second-order valence-corrected chi connectivity index (χ2v) is 4.44. The van der Waals surface area contributed by atoms with Gasteiger partial charge in [-0.25, -0.2) is 0 Å². The summed E-state index contributed by atoms with van der Waals surface area (Å²) in [7, 11) is 0. The van der Waals surface area contributed by atoms with Gasteiger partial charge in [0.15, 0.2) is 0 Å². The third-order valence-corrected chi connectivity index (χ3v) is 3.28. The van der Waals surface area contributed by atoms with E-state index < -0.39 is 11.7 Å². The molecule has 0 spiro atoms. The van der Waals surface area contributed by atoms with E-state index in [0.29, 0.717) is 18.7 Å². The van der Waals surface area contributed by atoms with Crippen molar-refractivity contribution >= 4 is 17.3 Å². The van der Waals surface area contributed by atoms with Gasteiger partial charge in [0, 0.05) is 24.7 Å². The molecule has 0 radical (unpaired) electrons. The number of nitrogens with zero attached hydrogens (tertiary/aromatic N) is 1. The molecular weight excluding hydrogens is 251 g/mol. The van der Waals surface area contributed by atoms with E-state index >= 15 is 0 Å². The first-order valence-electron chi connectivity index (χ1n) is 5.53. The molecule has 1 saturated heterocycles. The molecule has 2 rings (SSSR count). The molecule has 0 amide bonds. The number of hydrogen-bond acceptors (Lipinski definition) is 1. The topological polar surface area (TPSA) is 3.24 Å². The highest BCUT2D eigenvalue weighted by atomic mass is 35.5. The molecule has 1 nitrogen and oxygen atoms in total. The van der Waals surface area contributed by atoms with Crippen LogP contribution in [0.2, 0.25) is 0 Å². The summed E-state index contributed by atoms with van der Waals surface area (Å²) in [6.07, 6.45) is -2.41. The summed E-state index contributed by atoms with van der Waals surface area (Å²) in [6.45, 7) is 1.40. The van der Waals surface area contributed by atoms with Gasteiger partial charge >= 0.3 is 6.18 Å². The Morgan fingerprint density at radius 1 is 1.18 bits per heavy atom. The van der Waals surface area contributed by atoms with Crippen LogP contribution in [0.4, 0.5) is 18.9 Å². The fourth-order valence-electron chi connectivity index (χ4n) is 2.13.